The zero-order valence-electron chi connectivity index (χ0n) is 12.1. The van der Waals surface area contributed by atoms with Gasteiger partial charge in [0, 0.05) is 29.2 Å². The molecule has 0 saturated carbocycles. The summed E-state index contributed by atoms with van der Waals surface area (Å²) in [5.41, 5.74) is 1.10. The Morgan fingerprint density at radius 3 is 2.35 bits per heavy atom. The molecular weight excluding hydrogens is 359 g/mol. The molecule has 2 aromatic carbocycles. The molecule has 23 heavy (non-hydrogen) atoms. The van der Waals surface area contributed by atoms with Crippen molar-refractivity contribution in [2.45, 2.75) is 18.4 Å². The number of hydrogen-bond donors (Lipinski definition) is 2. The third kappa shape index (κ3) is 4.94. The summed E-state index contributed by atoms with van der Waals surface area (Å²) in [6.45, 7) is 1.40. The minimum Gasteiger partial charge on any atom is -0.326 e. The number of carbonyl (C=O) groups excluding carboxylic acids is 1. The first-order chi connectivity index (χ1) is 10.8. The Morgan fingerprint density at radius 1 is 1.09 bits per heavy atom. The lowest BCUT2D eigenvalue weighted by Gasteiger charge is -2.09. The van der Waals surface area contributed by atoms with Crippen molar-refractivity contribution < 1.29 is 13.2 Å². The van der Waals surface area contributed by atoms with Crippen molar-refractivity contribution in [2.75, 3.05) is 5.32 Å². The van der Waals surface area contributed by atoms with Gasteiger partial charge in [-0.1, -0.05) is 23.2 Å². The number of sulfonamides is 1. The fourth-order valence-corrected chi connectivity index (χ4v) is 3.24. The molecular formula is C15H14Cl2N2O3S. The second kappa shape index (κ2) is 7.31. The predicted octanol–water partition coefficient (Wildman–Crippen LogP) is 3.43. The van der Waals surface area contributed by atoms with Crippen molar-refractivity contribution in [3.05, 3.63) is 58.1 Å². The van der Waals surface area contributed by atoms with Crippen molar-refractivity contribution in [3.8, 4) is 0 Å². The van der Waals surface area contributed by atoms with Crippen molar-refractivity contribution in [1.82, 2.24) is 4.72 Å². The molecule has 2 aromatic rings. The molecule has 0 aliphatic heterocycles. The van der Waals surface area contributed by atoms with Crippen LogP contribution in [0.15, 0.2) is 47.4 Å². The smallest absolute Gasteiger partial charge is 0.240 e. The van der Waals surface area contributed by atoms with Crippen LogP contribution in [-0.4, -0.2) is 14.3 Å². The van der Waals surface area contributed by atoms with Crippen LogP contribution in [-0.2, 0) is 21.4 Å². The van der Waals surface area contributed by atoms with Gasteiger partial charge in [0.05, 0.1) is 4.90 Å². The van der Waals surface area contributed by atoms with Crippen LogP contribution in [0.2, 0.25) is 10.0 Å². The highest BCUT2D eigenvalue weighted by molar-refractivity contribution is 7.89. The summed E-state index contributed by atoms with van der Waals surface area (Å²) < 4.78 is 27.0. The maximum atomic E-state index is 12.3. The topological polar surface area (TPSA) is 75.3 Å². The third-order valence-electron chi connectivity index (χ3n) is 2.95. The van der Waals surface area contributed by atoms with Gasteiger partial charge in [0.15, 0.2) is 0 Å². The molecule has 2 rings (SSSR count). The van der Waals surface area contributed by atoms with Crippen LogP contribution in [0.5, 0.6) is 0 Å². The van der Waals surface area contributed by atoms with Gasteiger partial charge in [0.25, 0.3) is 0 Å². The fraction of sp³-hybridized carbons (Fsp3) is 0.133. The van der Waals surface area contributed by atoms with E-state index >= 15 is 0 Å². The first-order valence-corrected chi connectivity index (χ1v) is 8.83. The van der Waals surface area contributed by atoms with Gasteiger partial charge in [-0.25, -0.2) is 13.1 Å². The zero-order valence-corrected chi connectivity index (χ0v) is 14.5. The van der Waals surface area contributed by atoms with Gasteiger partial charge in [-0.05, 0) is 48.0 Å². The van der Waals surface area contributed by atoms with Crippen LogP contribution >= 0.6 is 23.2 Å². The molecule has 0 bridgehead atoms. The van der Waals surface area contributed by atoms with Gasteiger partial charge in [-0.3, -0.25) is 4.79 Å². The summed E-state index contributed by atoms with van der Waals surface area (Å²) in [5.74, 6) is -0.227. The van der Waals surface area contributed by atoms with Gasteiger partial charge in [0.2, 0.25) is 15.9 Å². The molecule has 0 radical (unpaired) electrons. The quantitative estimate of drug-likeness (QED) is 0.843. The van der Waals surface area contributed by atoms with E-state index in [0.717, 1.165) is 0 Å². The fourth-order valence-electron chi connectivity index (χ4n) is 1.86. The van der Waals surface area contributed by atoms with Gasteiger partial charge < -0.3 is 5.32 Å². The summed E-state index contributed by atoms with van der Waals surface area (Å²) in [7, 11) is -3.70. The molecule has 2 N–H and O–H groups in total. The normalized spacial score (nSPS) is 11.3. The number of amides is 1. The van der Waals surface area contributed by atoms with E-state index in [1.165, 1.54) is 31.2 Å². The number of hydrogen-bond acceptors (Lipinski definition) is 3. The molecule has 0 heterocycles. The van der Waals surface area contributed by atoms with Gasteiger partial charge >= 0.3 is 0 Å². The summed E-state index contributed by atoms with van der Waals surface area (Å²) in [5, 5.41) is 3.47. The maximum absolute atomic E-state index is 12.3. The highest BCUT2D eigenvalue weighted by Gasteiger charge is 2.14. The van der Waals surface area contributed by atoms with Crippen molar-refractivity contribution in [1.29, 1.82) is 0 Å². The lowest BCUT2D eigenvalue weighted by molar-refractivity contribution is -0.114. The average Bonchev–Trinajstić information content (AvgIpc) is 2.48. The summed E-state index contributed by atoms with van der Waals surface area (Å²) >= 11 is 11.9. The van der Waals surface area contributed by atoms with Crippen molar-refractivity contribution >= 4 is 44.8 Å². The van der Waals surface area contributed by atoms with Crippen LogP contribution in [0.1, 0.15) is 12.5 Å². The average molecular weight is 373 g/mol. The first kappa shape index (κ1) is 17.7. The Morgan fingerprint density at radius 2 is 1.74 bits per heavy atom. The molecule has 5 nitrogen and oxygen atoms in total. The van der Waals surface area contributed by atoms with Gasteiger partial charge in [-0.15, -0.1) is 0 Å². The first-order valence-electron chi connectivity index (χ1n) is 6.59. The SMILES string of the molecule is CC(=O)Nc1ccc(S(=O)(=O)NCc2cc(Cl)ccc2Cl)cc1. The molecule has 0 unspecified atom stereocenters. The number of benzene rings is 2. The molecule has 0 aliphatic rings. The number of nitrogens with one attached hydrogen (secondary N) is 2. The number of halogens is 2. The minimum absolute atomic E-state index is 0.0230. The molecule has 1 amide bonds. The van der Waals surface area contributed by atoms with E-state index in [4.69, 9.17) is 23.2 Å². The highest BCUT2D eigenvalue weighted by Crippen LogP contribution is 2.21. The molecule has 0 saturated heterocycles. The summed E-state index contributed by atoms with van der Waals surface area (Å²) in [6, 6.07) is 10.7. The highest BCUT2D eigenvalue weighted by atomic mass is 35.5. The Kier molecular flexibility index (Phi) is 5.64. The Balaban J connectivity index is 2.12. The Bertz CT molecular complexity index is 821. The Hall–Kier alpha value is -1.60. The number of carbonyl (C=O) groups is 1. The standard InChI is InChI=1S/C15H14Cl2N2O3S/c1-10(20)19-13-3-5-14(6-4-13)23(21,22)18-9-11-8-12(16)2-7-15(11)17/h2-8,18H,9H2,1H3,(H,19,20). The second-order valence-corrected chi connectivity index (χ2v) is 7.38. The summed E-state index contributed by atoms with van der Waals surface area (Å²) in [6.07, 6.45) is 0. The number of rotatable bonds is 5. The monoisotopic (exact) mass is 372 g/mol. The van der Waals surface area contributed by atoms with E-state index in [2.05, 4.69) is 10.0 Å². The summed E-state index contributed by atoms with van der Waals surface area (Å²) in [4.78, 5) is 11.0. The molecule has 0 aromatic heterocycles. The Labute approximate surface area is 144 Å². The maximum Gasteiger partial charge on any atom is 0.240 e. The lowest BCUT2D eigenvalue weighted by Crippen LogP contribution is -2.23. The van der Waals surface area contributed by atoms with E-state index in [-0.39, 0.29) is 17.3 Å². The molecule has 0 spiro atoms. The van der Waals surface area contributed by atoms with E-state index in [1.54, 1.807) is 18.2 Å². The molecule has 0 atom stereocenters. The van der Waals surface area contributed by atoms with Crippen LogP contribution < -0.4 is 10.0 Å². The second-order valence-electron chi connectivity index (χ2n) is 4.77. The largest absolute Gasteiger partial charge is 0.326 e. The molecule has 0 aliphatic carbocycles. The molecule has 122 valence electrons. The number of anilines is 1. The molecule has 0 fully saturated rings. The van der Waals surface area contributed by atoms with E-state index in [9.17, 15) is 13.2 Å². The molecule has 8 heteroatoms. The van der Waals surface area contributed by atoms with Crippen molar-refractivity contribution in [2.24, 2.45) is 0 Å². The minimum atomic E-state index is -3.70. The van der Waals surface area contributed by atoms with Gasteiger partial charge in [-0.2, -0.15) is 0 Å². The van der Waals surface area contributed by atoms with Gasteiger partial charge in [0.1, 0.15) is 0 Å². The van der Waals surface area contributed by atoms with E-state index < -0.39 is 10.0 Å². The third-order valence-corrected chi connectivity index (χ3v) is 4.97. The van der Waals surface area contributed by atoms with Crippen LogP contribution in [0, 0.1) is 0 Å². The van der Waals surface area contributed by atoms with Crippen molar-refractivity contribution in [3.63, 3.8) is 0 Å². The zero-order chi connectivity index (χ0) is 17.0. The van der Waals surface area contributed by atoms with Crippen LogP contribution in [0.25, 0.3) is 0 Å². The van der Waals surface area contributed by atoms with Crippen LogP contribution in [0.4, 0.5) is 5.69 Å². The van der Waals surface area contributed by atoms with E-state index in [1.807, 2.05) is 0 Å². The van der Waals surface area contributed by atoms with E-state index in [0.29, 0.717) is 21.3 Å². The van der Waals surface area contributed by atoms with Crippen LogP contribution in [0.3, 0.4) is 0 Å². The lowest BCUT2D eigenvalue weighted by atomic mass is 10.2. The predicted molar refractivity (Wildman–Crippen MR) is 91.2 cm³/mol.